The van der Waals surface area contributed by atoms with E-state index in [1.54, 1.807) is 10.7 Å². The van der Waals surface area contributed by atoms with Crippen LogP contribution >= 0.6 is 0 Å². The van der Waals surface area contributed by atoms with Crippen LogP contribution in [0.2, 0.25) is 0 Å². The lowest BCUT2D eigenvalue weighted by molar-refractivity contribution is 0.567. The lowest BCUT2D eigenvalue weighted by Gasteiger charge is -2.04. The van der Waals surface area contributed by atoms with Gasteiger partial charge in [0.15, 0.2) is 11.5 Å². The van der Waals surface area contributed by atoms with Crippen LogP contribution in [-0.4, -0.2) is 38.8 Å². The van der Waals surface area contributed by atoms with Gasteiger partial charge in [0, 0.05) is 31.4 Å². The van der Waals surface area contributed by atoms with Crippen LogP contribution in [0.15, 0.2) is 48.8 Å². The molecule has 0 unspecified atom stereocenters. The highest BCUT2D eigenvalue weighted by atomic mass is 15.4. The molecule has 0 saturated heterocycles. The first-order valence-corrected chi connectivity index (χ1v) is 6.36. The van der Waals surface area contributed by atoms with Gasteiger partial charge in [0.05, 0.1) is 0 Å². The zero-order chi connectivity index (χ0) is 13.9. The first-order valence-electron chi connectivity index (χ1n) is 6.36. The van der Waals surface area contributed by atoms with Crippen molar-refractivity contribution in [3.8, 4) is 11.4 Å². The Labute approximate surface area is 117 Å². The molecule has 2 aromatic heterocycles. The minimum absolute atomic E-state index is 0.751. The van der Waals surface area contributed by atoms with Crippen molar-refractivity contribution in [2.75, 3.05) is 14.1 Å². The summed E-state index contributed by atoms with van der Waals surface area (Å²) in [6.07, 6.45) is 5.74. The van der Waals surface area contributed by atoms with E-state index in [0.717, 1.165) is 22.6 Å². The maximum atomic E-state index is 4.35. The van der Waals surface area contributed by atoms with Crippen molar-refractivity contribution in [1.29, 1.82) is 0 Å². The van der Waals surface area contributed by atoms with Crippen molar-refractivity contribution in [1.82, 2.24) is 24.7 Å². The fourth-order valence-electron chi connectivity index (χ4n) is 1.95. The summed E-state index contributed by atoms with van der Waals surface area (Å²) in [5.41, 5.74) is 2.74. The number of fused-ring (bicyclic) bond motifs is 1. The third kappa shape index (κ3) is 2.25. The minimum atomic E-state index is 0.751. The summed E-state index contributed by atoms with van der Waals surface area (Å²) in [7, 11) is 3.96. The van der Waals surface area contributed by atoms with E-state index in [2.05, 4.69) is 15.3 Å². The molecule has 0 aliphatic heterocycles. The Morgan fingerprint density at radius 3 is 2.60 bits per heavy atom. The number of nitrogens with zero attached hydrogens (tertiary/aromatic N) is 5. The summed E-state index contributed by atoms with van der Waals surface area (Å²) in [5.74, 6) is 0.751. The molecule has 0 aliphatic rings. The van der Waals surface area contributed by atoms with E-state index in [-0.39, 0.29) is 0 Å². The molecular formula is C15H15N5. The average molecular weight is 265 g/mol. The summed E-state index contributed by atoms with van der Waals surface area (Å²) in [5, 5.41) is 12.9. The van der Waals surface area contributed by atoms with Gasteiger partial charge in [-0.1, -0.05) is 30.3 Å². The van der Waals surface area contributed by atoms with Crippen LogP contribution in [0.5, 0.6) is 0 Å². The molecule has 0 amide bonds. The molecule has 0 atom stereocenters. The van der Waals surface area contributed by atoms with Crippen LogP contribution in [0.3, 0.4) is 0 Å². The van der Waals surface area contributed by atoms with Gasteiger partial charge in [0.1, 0.15) is 0 Å². The number of aromatic nitrogens is 4. The second-order valence-electron chi connectivity index (χ2n) is 4.69. The predicted octanol–water partition coefficient (Wildman–Crippen LogP) is 2.32. The number of rotatable bonds is 3. The Morgan fingerprint density at radius 2 is 1.85 bits per heavy atom. The molecule has 0 spiro atoms. The average Bonchev–Trinajstić information content (AvgIpc) is 2.90. The molecule has 2 heterocycles. The molecule has 3 rings (SSSR count). The largest absolute Gasteiger partial charge is 0.383 e. The van der Waals surface area contributed by atoms with Gasteiger partial charge in [-0.2, -0.15) is 9.61 Å². The summed E-state index contributed by atoms with van der Waals surface area (Å²) in [4.78, 5) is 1.98. The van der Waals surface area contributed by atoms with E-state index in [9.17, 15) is 0 Å². The molecule has 100 valence electrons. The Hall–Kier alpha value is -2.69. The van der Waals surface area contributed by atoms with Gasteiger partial charge in [-0.25, -0.2) is 0 Å². The lowest BCUT2D eigenvalue weighted by Crippen LogP contribution is -2.00. The van der Waals surface area contributed by atoms with Crippen LogP contribution < -0.4 is 0 Å². The van der Waals surface area contributed by atoms with Gasteiger partial charge < -0.3 is 4.90 Å². The van der Waals surface area contributed by atoms with Gasteiger partial charge >= 0.3 is 0 Å². The van der Waals surface area contributed by atoms with Crippen LogP contribution in [0, 0.1) is 0 Å². The van der Waals surface area contributed by atoms with Crippen molar-refractivity contribution >= 4 is 11.7 Å². The van der Waals surface area contributed by atoms with Crippen LogP contribution in [0.25, 0.3) is 23.1 Å². The molecule has 0 N–H and O–H groups in total. The van der Waals surface area contributed by atoms with E-state index in [4.69, 9.17) is 0 Å². The highest BCUT2D eigenvalue weighted by molar-refractivity contribution is 5.67. The Kier molecular flexibility index (Phi) is 3.16. The minimum Gasteiger partial charge on any atom is -0.383 e. The van der Waals surface area contributed by atoms with Crippen molar-refractivity contribution < 1.29 is 0 Å². The summed E-state index contributed by atoms with van der Waals surface area (Å²) in [6, 6.07) is 11.9. The van der Waals surface area contributed by atoms with Crippen molar-refractivity contribution in [2.45, 2.75) is 0 Å². The predicted molar refractivity (Wildman–Crippen MR) is 78.9 cm³/mol. The zero-order valence-electron chi connectivity index (χ0n) is 11.4. The Balaban J connectivity index is 2.13. The number of benzene rings is 1. The molecule has 0 aliphatic carbocycles. The molecule has 1 aromatic carbocycles. The van der Waals surface area contributed by atoms with Crippen molar-refractivity contribution in [3.63, 3.8) is 0 Å². The second kappa shape index (κ2) is 5.13. The first-order chi connectivity index (χ1) is 9.75. The third-order valence-electron chi connectivity index (χ3n) is 2.92. The molecule has 0 radical (unpaired) electrons. The summed E-state index contributed by atoms with van der Waals surface area (Å²) in [6.45, 7) is 0. The molecular weight excluding hydrogens is 250 g/mol. The number of hydrogen-bond donors (Lipinski definition) is 0. The topological polar surface area (TPSA) is 46.3 Å². The zero-order valence-corrected chi connectivity index (χ0v) is 11.4. The van der Waals surface area contributed by atoms with E-state index < -0.39 is 0 Å². The van der Waals surface area contributed by atoms with Gasteiger partial charge in [0.2, 0.25) is 0 Å². The quantitative estimate of drug-likeness (QED) is 0.729. The number of hydrogen-bond acceptors (Lipinski definition) is 4. The Bertz CT molecular complexity index is 743. The second-order valence-corrected chi connectivity index (χ2v) is 4.69. The molecule has 0 bridgehead atoms. The van der Waals surface area contributed by atoms with Crippen LogP contribution in [0.1, 0.15) is 5.56 Å². The Morgan fingerprint density at radius 1 is 1.05 bits per heavy atom. The highest BCUT2D eigenvalue weighted by Gasteiger charge is 2.10. The molecule has 5 heteroatoms. The highest BCUT2D eigenvalue weighted by Crippen LogP contribution is 2.18. The summed E-state index contributed by atoms with van der Waals surface area (Å²) < 4.78 is 1.77. The molecule has 5 nitrogen and oxygen atoms in total. The fraction of sp³-hybridized carbons (Fsp3) is 0.133. The van der Waals surface area contributed by atoms with Crippen LogP contribution in [0.4, 0.5) is 0 Å². The maximum absolute atomic E-state index is 4.35. The van der Waals surface area contributed by atoms with E-state index in [0.29, 0.717) is 0 Å². The van der Waals surface area contributed by atoms with Gasteiger partial charge in [0.25, 0.3) is 0 Å². The monoisotopic (exact) mass is 265 g/mol. The van der Waals surface area contributed by atoms with E-state index >= 15 is 0 Å². The lowest BCUT2D eigenvalue weighted by atomic mass is 10.2. The molecule has 20 heavy (non-hydrogen) atoms. The van der Waals surface area contributed by atoms with Gasteiger partial charge in [-0.15, -0.1) is 10.2 Å². The summed E-state index contributed by atoms with van der Waals surface area (Å²) >= 11 is 0. The van der Waals surface area contributed by atoms with Crippen molar-refractivity contribution in [2.24, 2.45) is 0 Å². The van der Waals surface area contributed by atoms with Gasteiger partial charge in [-0.3, -0.25) is 0 Å². The van der Waals surface area contributed by atoms with E-state index in [1.807, 2.05) is 67.7 Å². The SMILES string of the molecule is CN(C)C=Cc1ccnn2c(-c3ccccc3)nnc12. The molecule has 3 aromatic rings. The van der Waals surface area contributed by atoms with Crippen molar-refractivity contribution in [3.05, 3.63) is 54.4 Å². The molecule has 0 fully saturated rings. The molecule has 0 saturated carbocycles. The third-order valence-corrected chi connectivity index (χ3v) is 2.92. The smallest absolute Gasteiger partial charge is 0.185 e. The van der Waals surface area contributed by atoms with Crippen LogP contribution in [-0.2, 0) is 0 Å². The standard InChI is InChI=1S/C15H15N5/c1-19(2)11-9-13-8-10-16-20-14(17-18-15(13)20)12-6-4-3-5-7-12/h3-11H,1-2H3. The maximum Gasteiger partial charge on any atom is 0.185 e. The fourth-order valence-corrected chi connectivity index (χ4v) is 1.95. The van der Waals surface area contributed by atoms with E-state index in [1.165, 1.54) is 0 Å². The van der Waals surface area contributed by atoms with Gasteiger partial charge in [-0.05, 0) is 18.3 Å². The normalized spacial score (nSPS) is 11.3. The first kappa shape index (κ1) is 12.3.